The molecule has 23 heavy (non-hydrogen) atoms. The highest BCUT2D eigenvalue weighted by Gasteiger charge is 2.32. The predicted molar refractivity (Wildman–Crippen MR) is 87.3 cm³/mol. The van der Waals surface area contributed by atoms with Crippen molar-refractivity contribution in [1.29, 1.82) is 0 Å². The van der Waals surface area contributed by atoms with Crippen LogP contribution in [-0.2, 0) is 11.0 Å². The van der Waals surface area contributed by atoms with Gasteiger partial charge in [0.15, 0.2) is 0 Å². The van der Waals surface area contributed by atoms with Gasteiger partial charge < -0.3 is 10.6 Å². The van der Waals surface area contributed by atoms with Crippen molar-refractivity contribution in [3.05, 3.63) is 35.4 Å². The van der Waals surface area contributed by atoms with Gasteiger partial charge in [0.1, 0.15) is 0 Å². The Morgan fingerprint density at radius 3 is 2.26 bits per heavy atom. The van der Waals surface area contributed by atoms with E-state index in [-0.39, 0.29) is 30.3 Å². The van der Waals surface area contributed by atoms with Crippen LogP contribution in [0.5, 0.6) is 0 Å². The molecule has 3 nitrogen and oxygen atoms in total. The first-order valence-corrected chi connectivity index (χ1v) is 7.32. The molecule has 0 heterocycles. The maximum atomic E-state index is 12.8. The number of nitrogens with zero attached hydrogens (tertiary/aromatic N) is 1. The highest BCUT2D eigenvalue weighted by atomic mass is 35.5. The molecule has 1 aromatic carbocycles. The first kappa shape index (κ1) is 21.7. The molecular weight excluding hydrogens is 329 g/mol. The zero-order valence-electron chi connectivity index (χ0n) is 13.7. The van der Waals surface area contributed by atoms with Crippen molar-refractivity contribution >= 4 is 18.3 Å². The minimum absolute atomic E-state index is 0. The second-order valence-electron chi connectivity index (χ2n) is 5.57. The number of rotatable bonds is 5. The summed E-state index contributed by atoms with van der Waals surface area (Å²) < 4.78 is 38.4. The Balaban J connectivity index is 0.00000484. The smallest absolute Gasteiger partial charge is 0.336 e. The average Bonchev–Trinajstić information content (AvgIpc) is 2.46. The number of halogens is 4. The van der Waals surface area contributed by atoms with Crippen LogP contribution in [0.3, 0.4) is 0 Å². The molecule has 132 valence electrons. The zero-order valence-corrected chi connectivity index (χ0v) is 14.5. The standard InChI is InChI=1S/C16H23F3N2O.ClH/c1-5-21(15(22)10(2)11(3)20)12(4)13-7-6-8-14(9-13)16(17,18)19;/h6-12H,5,20H2,1-4H3;1H. The molecule has 0 spiro atoms. The van der Waals surface area contributed by atoms with Crippen molar-refractivity contribution < 1.29 is 18.0 Å². The van der Waals surface area contributed by atoms with Crippen LogP contribution in [0, 0.1) is 5.92 Å². The molecule has 0 bridgehead atoms. The summed E-state index contributed by atoms with van der Waals surface area (Å²) in [6.07, 6.45) is -4.39. The second kappa shape index (κ2) is 8.55. The molecule has 0 radical (unpaired) electrons. The van der Waals surface area contributed by atoms with E-state index in [9.17, 15) is 18.0 Å². The molecule has 1 aromatic rings. The Bertz CT molecular complexity index is 520. The van der Waals surface area contributed by atoms with Crippen molar-refractivity contribution in [2.75, 3.05) is 6.54 Å². The number of hydrogen-bond donors (Lipinski definition) is 1. The molecular formula is C16H24ClF3N2O. The maximum absolute atomic E-state index is 12.8. The number of carbonyl (C=O) groups is 1. The van der Waals surface area contributed by atoms with Crippen LogP contribution in [0.25, 0.3) is 0 Å². The summed E-state index contributed by atoms with van der Waals surface area (Å²) in [7, 11) is 0. The van der Waals surface area contributed by atoms with E-state index in [1.54, 1.807) is 38.7 Å². The van der Waals surface area contributed by atoms with Crippen molar-refractivity contribution in [1.82, 2.24) is 4.90 Å². The third-order valence-electron chi connectivity index (χ3n) is 3.97. The van der Waals surface area contributed by atoms with E-state index in [2.05, 4.69) is 0 Å². The Kier molecular flexibility index (Phi) is 8.07. The molecule has 0 fully saturated rings. The van der Waals surface area contributed by atoms with Crippen molar-refractivity contribution in [3.8, 4) is 0 Å². The van der Waals surface area contributed by atoms with Crippen LogP contribution in [0.15, 0.2) is 24.3 Å². The van der Waals surface area contributed by atoms with Crippen LogP contribution in [0.1, 0.15) is 44.9 Å². The summed E-state index contributed by atoms with van der Waals surface area (Å²) >= 11 is 0. The van der Waals surface area contributed by atoms with Gasteiger partial charge in [-0.1, -0.05) is 19.1 Å². The fourth-order valence-corrected chi connectivity index (χ4v) is 2.26. The van der Waals surface area contributed by atoms with Crippen LogP contribution >= 0.6 is 12.4 Å². The zero-order chi connectivity index (χ0) is 17.1. The summed E-state index contributed by atoms with van der Waals surface area (Å²) in [5, 5.41) is 0. The van der Waals surface area contributed by atoms with Gasteiger partial charge in [0.05, 0.1) is 17.5 Å². The van der Waals surface area contributed by atoms with Crippen LogP contribution in [0.4, 0.5) is 13.2 Å². The SMILES string of the molecule is CCN(C(=O)C(C)C(C)N)C(C)c1cccc(C(F)(F)F)c1.Cl. The monoisotopic (exact) mass is 352 g/mol. The van der Waals surface area contributed by atoms with E-state index in [0.29, 0.717) is 12.1 Å². The second-order valence-corrected chi connectivity index (χ2v) is 5.57. The summed E-state index contributed by atoms with van der Waals surface area (Å²) in [4.78, 5) is 14.0. The summed E-state index contributed by atoms with van der Waals surface area (Å²) in [6.45, 7) is 7.41. The Labute approximate surface area is 141 Å². The topological polar surface area (TPSA) is 46.3 Å². The Morgan fingerprint density at radius 1 is 1.26 bits per heavy atom. The van der Waals surface area contributed by atoms with Crippen LogP contribution < -0.4 is 5.73 Å². The van der Waals surface area contributed by atoms with Gasteiger partial charge in [-0.25, -0.2) is 0 Å². The molecule has 0 aliphatic rings. The largest absolute Gasteiger partial charge is 0.416 e. The number of nitrogens with two attached hydrogens (primary N) is 1. The minimum atomic E-state index is -4.39. The van der Waals surface area contributed by atoms with Crippen molar-refractivity contribution in [2.24, 2.45) is 11.7 Å². The molecule has 0 saturated carbocycles. The summed E-state index contributed by atoms with van der Waals surface area (Å²) in [5.74, 6) is -0.532. The van der Waals surface area contributed by atoms with Gasteiger partial charge in [-0.05, 0) is 38.5 Å². The van der Waals surface area contributed by atoms with Gasteiger partial charge in [0.25, 0.3) is 0 Å². The molecule has 2 N–H and O–H groups in total. The Morgan fingerprint density at radius 2 is 1.83 bits per heavy atom. The first-order valence-electron chi connectivity index (χ1n) is 7.32. The van der Waals surface area contributed by atoms with E-state index in [1.165, 1.54) is 6.07 Å². The predicted octanol–water partition coefficient (Wildman–Crippen LogP) is 4.02. The molecule has 1 amide bonds. The number of alkyl halides is 3. The molecule has 7 heteroatoms. The van der Waals surface area contributed by atoms with E-state index >= 15 is 0 Å². The van der Waals surface area contributed by atoms with Crippen LogP contribution in [0.2, 0.25) is 0 Å². The molecule has 3 unspecified atom stereocenters. The third-order valence-corrected chi connectivity index (χ3v) is 3.97. The summed E-state index contributed by atoms with van der Waals surface area (Å²) in [5.41, 5.74) is 5.51. The highest BCUT2D eigenvalue weighted by Crippen LogP contribution is 2.32. The van der Waals surface area contributed by atoms with Gasteiger partial charge in [-0.15, -0.1) is 12.4 Å². The highest BCUT2D eigenvalue weighted by molar-refractivity contribution is 5.85. The number of benzene rings is 1. The third kappa shape index (κ3) is 5.39. The minimum Gasteiger partial charge on any atom is -0.336 e. The van der Waals surface area contributed by atoms with Gasteiger partial charge in [-0.2, -0.15) is 13.2 Å². The fourth-order valence-electron chi connectivity index (χ4n) is 2.26. The molecule has 0 aliphatic carbocycles. The maximum Gasteiger partial charge on any atom is 0.416 e. The van der Waals surface area contributed by atoms with Crippen molar-refractivity contribution in [3.63, 3.8) is 0 Å². The normalized spacial score (nSPS) is 15.3. The lowest BCUT2D eigenvalue weighted by Gasteiger charge is -2.32. The van der Waals surface area contributed by atoms with Gasteiger partial charge in [0, 0.05) is 12.6 Å². The summed E-state index contributed by atoms with van der Waals surface area (Å²) in [6, 6.07) is 4.33. The Hall–Kier alpha value is -1.27. The van der Waals surface area contributed by atoms with E-state index in [4.69, 9.17) is 5.73 Å². The molecule has 0 aliphatic heterocycles. The quantitative estimate of drug-likeness (QED) is 0.870. The van der Waals surface area contributed by atoms with Gasteiger partial charge in [0.2, 0.25) is 5.91 Å². The lowest BCUT2D eigenvalue weighted by molar-refractivity contribution is -0.137. The molecule has 3 atom stereocenters. The lowest BCUT2D eigenvalue weighted by atomic mass is 9.99. The van der Waals surface area contributed by atoms with Gasteiger partial charge >= 0.3 is 6.18 Å². The first-order chi connectivity index (χ1) is 10.1. The fraction of sp³-hybridized carbons (Fsp3) is 0.562. The van der Waals surface area contributed by atoms with E-state index in [0.717, 1.165) is 12.1 Å². The average molecular weight is 353 g/mol. The number of hydrogen-bond acceptors (Lipinski definition) is 2. The van der Waals surface area contributed by atoms with E-state index in [1.807, 2.05) is 0 Å². The molecule has 0 aromatic heterocycles. The number of amides is 1. The molecule has 0 saturated heterocycles. The van der Waals surface area contributed by atoms with Gasteiger partial charge in [-0.3, -0.25) is 4.79 Å². The molecule has 1 rings (SSSR count). The van der Waals surface area contributed by atoms with E-state index < -0.39 is 17.8 Å². The van der Waals surface area contributed by atoms with Crippen molar-refractivity contribution in [2.45, 2.75) is 46.0 Å². The lowest BCUT2D eigenvalue weighted by Crippen LogP contribution is -2.42. The number of carbonyl (C=O) groups excluding carboxylic acids is 1. The van der Waals surface area contributed by atoms with Crippen LogP contribution in [-0.4, -0.2) is 23.4 Å².